The lowest BCUT2D eigenvalue weighted by Gasteiger charge is -3.00. The second kappa shape index (κ2) is 50.3. The number of aliphatic carboxylic acids is 1. The van der Waals surface area contributed by atoms with Gasteiger partial charge in [-0.3, -0.25) is 33.4 Å². The van der Waals surface area contributed by atoms with Crippen LogP contribution in [0, 0.1) is 19.8 Å². The van der Waals surface area contributed by atoms with Crippen LogP contribution in [0.4, 0.5) is 9.59 Å². The van der Waals surface area contributed by atoms with Crippen molar-refractivity contribution in [3.8, 4) is 12.3 Å². The summed E-state index contributed by atoms with van der Waals surface area (Å²) in [6.45, 7) is 17.3. The molecular weight excluding hydrogens is 1050 g/mol. The fraction of sp³-hybridized carbons (Fsp3) is 0.750. The number of rotatable bonds is 3. The number of aromatic nitrogens is 9. The van der Waals surface area contributed by atoms with E-state index in [1.807, 2.05) is 86.2 Å². The van der Waals surface area contributed by atoms with E-state index in [0.717, 1.165) is 82.2 Å². The first-order valence-electron chi connectivity index (χ1n) is 21.7. The molecular formula is C52H112N16O7P3-7. The Kier molecular flexibility index (Phi) is 65.5. The first kappa shape index (κ1) is 102. The average molecular weight is 1170 g/mol. The molecule has 4 aliphatic rings. The van der Waals surface area contributed by atoms with Crippen molar-refractivity contribution in [1.29, 1.82) is 0 Å². The van der Waals surface area contributed by atoms with Gasteiger partial charge in [-0.05, 0) is 105 Å². The zero-order valence-corrected chi connectivity index (χ0v) is 45.8. The number of carboxylic acids is 1. The average Bonchev–Trinajstić information content (AvgIpc) is 4.07. The summed E-state index contributed by atoms with van der Waals surface area (Å²) in [5, 5.41) is 37.6. The second-order valence-corrected chi connectivity index (χ2v) is 17.6. The highest BCUT2D eigenvalue weighted by Gasteiger charge is 2.35. The van der Waals surface area contributed by atoms with Crippen LogP contribution >= 0.6 is 29.7 Å². The van der Waals surface area contributed by atoms with Crippen molar-refractivity contribution in [3.63, 3.8) is 0 Å². The van der Waals surface area contributed by atoms with Crippen LogP contribution in [0.15, 0.2) is 23.7 Å². The van der Waals surface area contributed by atoms with Gasteiger partial charge >= 0.3 is 12.2 Å². The molecule has 0 unspecified atom stereocenters. The molecule has 0 bridgehead atoms. The third-order valence-electron chi connectivity index (χ3n) is 9.66. The highest BCUT2D eigenvalue weighted by atomic mass is 31.0. The zero-order valence-electron chi connectivity index (χ0n) is 42.7. The number of hydrogen-bond acceptors (Lipinski definition) is 14. The molecule has 0 aromatic carbocycles. The van der Waals surface area contributed by atoms with Gasteiger partial charge in [0.05, 0.1) is 42.3 Å². The molecule has 0 saturated carbocycles. The summed E-state index contributed by atoms with van der Waals surface area (Å²) in [7, 11) is 6.94. The number of terminal acetylenes is 1. The van der Waals surface area contributed by atoms with Crippen LogP contribution < -0.4 is 5.32 Å². The molecule has 0 radical (unpaired) electrons. The zero-order chi connectivity index (χ0) is 48.9. The Hall–Kier alpha value is -4.98. The topological polar surface area (TPSA) is 270 Å². The normalized spacial score (nSPS) is 16.4. The van der Waals surface area contributed by atoms with Crippen molar-refractivity contribution < 1.29 is 33.8 Å². The molecule has 3 aromatic heterocycles. The summed E-state index contributed by atoms with van der Waals surface area (Å²) in [6.07, 6.45) is 18.7. The van der Waals surface area contributed by atoms with Crippen LogP contribution in [-0.2, 0) is 40.2 Å². The van der Waals surface area contributed by atoms with Gasteiger partial charge in [0.25, 0.3) is 5.97 Å². The summed E-state index contributed by atoms with van der Waals surface area (Å²) in [5.41, 5.74) is 9.23. The molecule has 26 heteroatoms. The SMILES string of the molecule is C.C.C.C.C.C.C.C.C.C#C[C@@H]1CCCN1C(=O)OC(C)(C)C.CC(=O)N1CCC[C@H]1c1cn(C)nn1.CC(=O)O.CN=[N+]=[N-].Cn1cc([C@@H]2CCCN2)nn1.Cn1cc([C@@H]2CCCN2C(=O)OC(C)(C)C)nn1.[CH3-].[P-3].[PH-2].[PH2-]. The number of aryl methyl sites for hydroxylation is 3. The Bertz CT molecular complexity index is 2050. The molecule has 2 N–H and O–H groups in total. The molecule has 7 rings (SSSR count). The van der Waals surface area contributed by atoms with Crippen LogP contribution in [-0.4, -0.2) is 139 Å². The highest BCUT2D eigenvalue weighted by molar-refractivity contribution is 6.92. The van der Waals surface area contributed by atoms with Gasteiger partial charge in [-0.15, -0.1) is 21.7 Å². The molecule has 78 heavy (non-hydrogen) atoms. The molecule has 0 aliphatic carbocycles. The molecule has 3 amide bonds. The highest BCUT2D eigenvalue weighted by Crippen LogP contribution is 2.32. The summed E-state index contributed by atoms with van der Waals surface area (Å²) in [6, 6.07) is 0.503. The largest absolute Gasteiger partial charge is 3.00 e. The van der Waals surface area contributed by atoms with Gasteiger partial charge in [-0.25, -0.2) is 9.59 Å². The van der Waals surface area contributed by atoms with Gasteiger partial charge < -0.3 is 61.9 Å². The molecule has 4 saturated heterocycles. The van der Waals surface area contributed by atoms with Gasteiger partial charge in [0, 0.05) is 72.8 Å². The lowest BCUT2D eigenvalue weighted by atomic mass is 10.1. The number of nitrogens with one attached hydrogen (secondary N) is 1. The number of hydrogen-bond donors (Lipinski definition) is 2. The van der Waals surface area contributed by atoms with Gasteiger partial charge in [0.1, 0.15) is 22.6 Å². The summed E-state index contributed by atoms with van der Waals surface area (Å²) < 4.78 is 15.7. The van der Waals surface area contributed by atoms with Gasteiger partial charge in [0.15, 0.2) is 0 Å². The van der Waals surface area contributed by atoms with E-state index in [-0.39, 0.29) is 140 Å². The number of likely N-dealkylation sites (tertiary alicyclic amines) is 3. The fourth-order valence-electron chi connectivity index (χ4n) is 7.04. The maximum atomic E-state index is 12.1. The number of carbonyl (C=O) groups is 4. The molecule has 4 aliphatic heterocycles. The van der Waals surface area contributed by atoms with Crippen LogP contribution in [0.1, 0.15) is 209 Å². The number of nitrogens with zero attached hydrogens (tertiary/aromatic N) is 15. The Morgan fingerprint density at radius 1 is 0.679 bits per heavy atom. The van der Waals surface area contributed by atoms with Crippen LogP contribution in [0.25, 0.3) is 10.4 Å². The van der Waals surface area contributed by atoms with Crippen LogP contribution in [0.2, 0.25) is 0 Å². The number of carbonyl (C=O) groups excluding carboxylic acids is 3. The molecule has 4 atom stereocenters. The van der Waals surface area contributed by atoms with Crippen molar-refractivity contribution in [2.75, 3.05) is 33.2 Å². The van der Waals surface area contributed by atoms with E-state index in [1.54, 1.807) is 30.8 Å². The lowest BCUT2D eigenvalue weighted by molar-refractivity contribution is -0.134. The van der Waals surface area contributed by atoms with Crippen molar-refractivity contribution in [3.05, 3.63) is 53.5 Å². The van der Waals surface area contributed by atoms with E-state index in [4.69, 9.17) is 31.3 Å². The summed E-state index contributed by atoms with van der Waals surface area (Å²) in [4.78, 5) is 51.6. The van der Waals surface area contributed by atoms with Crippen molar-refractivity contribution in [2.45, 2.75) is 209 Å². The number of ether oxygens (including phenoxy) is 2. The molecule has 0 spiro atoms. The minimum absolute atomic E-state index is 0. The molecule has 4 fully saturated rings. The number of azide groups is 1. The molecule has 3 aromatic rings. The van der Waals surface area contributed by atoms with Gasteiger partial charge in [-0.1, -0.05) is 93.5 Å². The maximum Gasteiger partial charge on any atom is 0.411 e. The smallest absolute Gasteiger partial charge is 0.411 e. The maximum absolute atomic E-state index is 12.1. The van der Waals surface area contributed by atoms with Crippen molar-refractivity contribution in [2.24, 2.45) is 26.3 Å². The quantitative estimate of drug-likeness (QED) is 0.0617. The van der Waals surface area contributed by atoms with E-state index in [0.29, 0.717) is 12.6 Å². The van der Waals surface area contributed by atoms with E-state index in [9.17, 15) is 14.4 Å². The predicted molar refractivity (Wildman–Crippen MR) is 332 cm³/mol. The third kappa shape index (κ3) is 37.8. The lowest BCUT2D eigenvalue weighted by Crippen LogP contribution is -2.39. The van der Waals surface area contributed by atoms with E-state index < -0.39 is 17.2 Å². The molecule has 464 valence electrons. The minimum Gasteiger partial charge on any atom is -3.00 e. The predicted octanol–water partition coefficient (Wildman–Crippen LogP) is 13.6. The number of amides is 3. The summed E-state index contributed by atoms with van der Waals surface area (Å²) in [5.74, 6) is 1.90. The number of carboxylic acid groups (broad SMARTS) is 1. The van der Waals surface area contributed by atoms with Gasteiger partial charge in [-0.2, -0.15) is 0 Å². The van der Waals surface area contributed by atoms with Crippen LogP contribution in [0.3, 0.4) is 0 Å². The minimum atomic E-state index is -0.833. The van der Waals surface area contributed by atoms with Gasteiger partial charge in [0.2, 0.25) is 5.91 Å². The second-order valence-electron chi connectivity index (χ2n) is 17.6. The molecule has 7 heterocycles. The third-order valence-corrected chi connectivity index (χ3v) is 9.66. The Balaban J connectivity index is -0.0000000680. The van der Waals surface area contributed by atoms with Crippen molar-refractivity contribution in [1.82, 2.24) is 65.0 Å². The van der Waals surface area contributed by atoms with E-state index in [2.05, 4.69) is 52.2 Å². The fourth-order valence-corrected chi connectivity index (χ4v) is 7.04. The van der Waals surface area contributed by atoms with Crippen LogP contribution in [0.5, 0.6) is 0 Å². The standard InChI is InChI=1S/C12H20N4O2.C11H17NO2.C9H14N4O.C7H12N4.C2H4O2.CH3N3.9CH4.CH3.H2P.HP.P/c1-12(2,3)18-11(17)16-7-5-6-10(16)9-8-15(4)14-13-9;1-5-9-7-6-8-12(9)10(13)14-11(2,3)4;1-7(14)13-5-3-4-9(13)8-6-12(2)11-10-8;1-11-5-7(9-10-11)6-3-2-4-8-6;1-2(3)4;1-3-4-2;;;;;;;;;;;;;/h8,10H,5-7H2,1-4H3;1,9H,6-8H2,2-4H3;6,9H,3-5H2,1-2H3;5-6,8H,2-4H2,1H3;1H3,(H,3,4);1H3;9*1H4;1H3;1H2;1H;/q;;;;;;;;;;;;;;;2*-1;-2;-3/t10-;2*9-;6-;;;;;;;;;;;;;;;/m0100.............../s1. The monoisotopic (exact) mass is 1170 g/mol. The summed E-state index contributed by atoms with van der Waals surface area (Å²) >= 11 is 0. The van der Waals surface area contributed by atoms with E-state index >= 15 is 0 Å². The Labute approximate surface area is 485 Å². The van der Waals surface area contributed by atoms with E-state index in [1.165, 1.54) is 19.9 Å². The van der Waals surface area contributed by atoms with Crippen molar-refractivity contribution >= 4 is 53.8 Å². The first-order chi connectivity index (χ1) is 30.5. The molecule has 23 nitrogen and oxygen atoms in total. The Morgan fingerprint density at radius 2 is 1.01 bits per heavy atom. The Morgan fingerprint density at radius 3 is 1.32 bits per heavy atom. The first-order valence-corrected chi connectivity index (χ1v) is 21.7.